The second kappa shape index (κ2) is 6.74. The van der Waals surface area contributed by atoms with Crippen molar-refractivity contribution in [1.82, 2.24) is 5.32 Å². The Morgan fingerprint density at radius 2 is 1.89 bits per heavy atom. The Labute approximate surface area is 107 Å². The zero-order valence-electron chi connectivity index (χ0n) is 11.1. The van der Waals surface area contributed by atoms with Gasteiger partial charge in [-0.3, -0.25) is 4.79 Å². The number of amides is 1. The van der Waals surface area contributed by atoms with Crippen LogP contribution in [0.15, 0.2) is 12.1 Å². The van der Waals surface area contributed by atoms with E-state index in [1.807, 2.05) is 0 Å². The van der Waals surface area contributed by atoms with E-state index >= 15 is 0 Å². The smallest absolute Gasteiger partial charge is 0.253 e. The SMILES string of the molecule is CCCCNC(=O)c1cc(OC)c(OC)cc1N. The van der Waals surface area contributed by atoms with Crippen LogP contribution in [0.25, 0.3) is 0 Å². The molecule has 0 aliphatic rings. The minimum atomic E-state index is -0.193. The van der Waals surface area contributed by atoms with E-state index in [2.05, 4.69) is 12.2 Å². The summed E-state index contributed by atoms with van der Waals surface area (Å²) in [5.41, 5.74) is 6.61. The normalized spacial score (nSPS) is 9.94. The monoisotopic (exact) mass is 252 g/mol. The summed E-state index contributed by atoms with van der Waals surface area (Å²) in [7, 11) is 3.05. The topological polar surface area (TPSA) is 73.6 Å². The molecule has 0 bridgehead atoms. The number of hydrogen-bond donors (Lipinski definition) is 2. The average molecular weight is 252 g/mol. The number of ether oxygens (including phenoxy) is 2. The summed E-state index contributed by atoms with van der Waals surface area (Å²) in [4.78, 5) is 11.9. The van der Waals surface area contributed by atoms with Gasteiger partial charge in [-0.15, -0.1) is 0 Å². The Hall–Kier alpha value is -1.91. The molecule has 0 atom stereocenters. The maximum atomic E-state index is 11.9. The Bertz CT molecular complexity index is 419. The third-order valence-corrected chi connectivity index (χ3v) is 2.62. The van der Waals surface area contributed by atoms with E-state index in [0.29, 0.717) is 29.3 Å². The number of nitrogens with two attached hydrogens (primary N) is 1. The molecule has 3 N–H and O–H groups in total. The molecule has 1 aromatic carbocycles. The summed E-state index contributed by atoms with van der Waals surface area (Å²) in [5, 5.41) is 2.81. The highest BCUT2D eigenvalue weighted by atomic mass is 16.5. The summed E-state index contributed by atoms with van der Waals surface area (Å²) in [6.45, 7) is 2.71. The molecule has 0 heterocycles. The number of unbranched alkanes of at least 4 members (excludes halogenated alkanes) is 1. The molecular weight excluding hydrogens is 232 g/mol. The molecule has 0 saturated heterocycles. The number of hydrogen-bond acceptors (Lipinski definition) is 4. The van der Waals surface area contributed by atoms with Crippen LogP contribution in [0, 0.1) is 0 Å². The van der Waals surface area contributed by atoms with Gasteiger partial charge >= 0.3 is 0 Å². The molecular formula is C13H20N2O3. The van der Waals surface area contributed by atoms with Crippen molar-refractivity contribution >= 4 is 11.6 Å². The summed E-state index contributed by atoms with van der Waals surface area (Å²) in [5.74, 6) is 0.814. The van der Waals surface area contributed by atoms with Crippen LogP contribution in [0.5, 0.6) is 11.5 Å². The third-order valence-electron chi connectivity index (χ3n) is 2.62. The fourth-order valence-electron chi connectivity index (χ4n) is 1.57. The number of methoxy groups -OCH3 is 2. The summed E-state index contributed by atoms with van der Waals surface area (Å²) in [6, 6.07) is 3.18. The van der Waals surface area contributed by atoms with E-state index in [0.717, 1.165) is 12.8 Å². The van der Waals surface area contributed by atoms with Gasteiger partial charge in [0.1, 0.15) is 0 Å². The van der Waals surface area contributed by atoms with Crippen molar-refractivity contribution in [3.63, 3.8) is 0 Å². The van der Waals surface area contributed by atoms with Crippen molar-refractivity contribution < 1.29 is 14.3 Å². The zero-order chi connectivity index (χ0) is 13.5. The van der Waals surface area contributed by atoms with Crippen LogP contribution in [-0.2, 0) is 0 Å². The van der Waals surface area contributed by atoms with Gasteiger partial charge in [0.15, 0.2) is 11.5 Å². The predicted molar refractivity (Wildman–Crippen MR) is 71.2 cm³/mol. The van der Waals surface area contributed by atoms with Gasteiger partial charge in [0.25, 0.3) is 5.91 Å². The lowest BCUT2D eigenvalue weighted by Gasteiger charge is -2.12. The Balaban J connectivity index is 2.91. The molecule has 0 aliphatic carbocycles. The Kier molecular flexibility index (Phi) is 5.30. The second-order valence-electron chi connectivity index (χ2n) is 3.90. The van der Waals surface area contributed by atoms with Crippen LogP contribution in [0.2, 0.25) is 0 Å². The maximum Gasteiger partial charge on any atom is 0.253 e. The van der Waals surface area contributed by atoms with E-state index in [1.54, 1.807) is 12.1 Å². The number of carbonyl (C=O) groups is 1. The first-order valence-electron chi connectivity index (χ1n) is 5.93. The lowest BCUT2D eigenvalue weighted by atomic mass is 10.1. The first-order valence-corrected chi connectivity index (χ1v) is 5.93. The van der Waals surface area contributed by atoms with Gasteiger partial charge in [0.05, 0.1) is 19.8 Å². The quantitative estimate of drug-likeness (QED) is 0.598. The van der Waals surface area contributed by atoms with Gasteiger partial charge in [-0.25, -0.2) is 0 Å². The van der Waals surface area contributed by atoms with Gasteiger partial charge in [-0.05, 0) is 12.5 Å². The summed E-state index contributed by atoms with van der Waals surface area (Å²) in [6.07, 6.45) is 1.97. The molecule has 1 rings (SSSR count). The van der Waals surface area contributed by atoms with Crippen LogP contribution >= 0.6 is 0 Å². The molecule has 0 fully saturated rings. The number of nitrogens with one attached hydrogen (secondary N) is 1. The van der Waals surface area contributed by atoms with Crippen molar-refractivity contribution in [2.24, 2.45) is 0 Å². The molecule has 5 nitrogen and oxygen atoms in total. The molecule has 0 radical (unpaired) electrons. The molecule has 0 spiro atoms. The summed E-state index contributed by atoms with van der Waals surface area (Å²) >= 11 is 0. The van der Waals surface area contributed by atoms with Crippen LogP contribution < -0.4 is 20.5 Å². The minimum Gasteiger partial charge on any atom is -0.493 e. The van der Waals surface area contributed by atoms with E-state index in [4.69, 9.17) is 15.2 Å². The molecule has 100 valence electrons. The van der Waals surface area contributed by atoms with Crippen molar-refractivity contribution in [3.8, 4) is 11.5 Å². The van der Waals surface area contributed by atoms with Gasteiger partial charge in [0.2, 0.25) is 0 Å². The van der Waals surface area contributed by atoms with E-state index in [9.17, 15) is 4.79 Å². The lowest BCUT2D eigenvalue weighted by Crippen LogP contribution is -2.25. The molecule has 1 aromatic rings. The highest BCUT2D eigenvalue weighted by molar-refractivity contribution is 6.00. The van der Waals surface area contributed by atoms with Crippen molar-refractivity contribution in [2.75, 3.05) is 26.5 Å². The average Bonchev–Trinajstić information content (AvgIpc) is 2.38. The van der Waals surface area contributed by atoms with Crippen LogP contribution in [0.3, 0.4) is 0 Å². The first-order chi connectivity index (χ1) is 8.63. The maximum absolute atomic E-state index is 11.9. The summed E-state index contributed by atoms with van der Waals surface area (Å²) < 4.78 is 10.3. The fraction of sp³-hybridized carbons (Fsp3) is 0.462. The number of rotatable bonds is 6. The van der Waals surface area contributed by atoms with Crippen molar-refractivity contribution in [2.45, 2.75) is 19.8 Å². The zero-order valence-corrected chi connectivity index (χ0v) is 11.1. The third kappa shape index (κ3) is 3.29. The van der Waals surface area contributed by atoms with E-state index < -0.39 is 0 Å². The number of anilines is 1. The highest BCUT2D eigenvalue weighted by Gasteiger charge is 2.14. The van der Waals surface area contributed by atoms with Crippen molar-refractivity contribution in [1.29, 1.82) is 0 Å². The minimum absolute atomic E-state index is 0.193. The molecule has 0 aromatic heterocycles. The number of benzene rings is 1. The second-order valence-corrected chi connectivity index (χ2v) is 3.90. The standard InChI is InChI=1S/C13H20N2O3/c1-4-5-6-15-13(16)9-7-11(17-2)12(18-3)8-10(9)14/h7-8H,4-6,14H2,1-3H3,(H,15,16). The molecule has 1 amide bonds. The lowest BCUT2D eigenvalue weighted by molar-refractivity contribution is 0.0953. The predicted octanol–water partition coefficient (Wildman–Crippen LogP) is 1.82. The van der Waals surface area contributed by atoms with Gasteiger partial charge in [0, 0.05) is 18.3 Å². The Morgan fingerprint density at radius 3 is 2.44 bits per heavy atom. The van der Waals surface area contributed by atoms with Crippen molar-refractivity contribution in [3.05, 3.63) is 17.7 Å². The van der Waals surface area contributed by atoms with E-state index in [-0.39, 0.29) is 5.91 Å². The fourth-order valence-corrected chi connectivity index (χ4v) is 1.57. The highest BCUT2D eigenvalue weighted by Crippen LogP contribution is 2.31. The molecule has 5 heteroatoms. The van der Waals surface area contributed by atoms with Gasteiger partial charge < -0.3 is 20.5 Å². The molecule has 18 heavy (non-hydrogen) atoms. The van der Waals surface area contributed by atoms with Gasteiger partial charge in [-0.1, -0.05) is 13.3 Å². The molecule has 0 aliphatic heterocycles. The number of nitrogen functional groups attached to an aromatic ring is 1. The van der Waals surface area contributed by atoms with Gasteiger partial charge in [-0.2, -0.15) is 0 Å². The molecule has 0 saturated carbocycles. The largest absolute Gasteiger partial charge is 0.493 e. The van der Waals surface area contributed by atoms with Crippen LogP contribution in [-0.4, -0.2) is 26.7 Å². The van der Waals surface area contributed by atoms with E-state index in [1.165, 1.54) is 14.2 Å². The van der Waals surface area contributed by atoms with Crippen LogP contribution in [0.1, 0.15) is 30.1 Å². The molecule has 0 unspecified atom stereocenters. The van der Waals surface area contributed by atoms with Crippen LogP contribution in [0.4, 0.5) is 5.69 Å². The Morgan fingerprint density at radius 1 is 1.28 bits per heavy atom. The number of carbonyl (C=O) groups excluding carboxylic acids is 1. The first kappa shape index (κ1) is 14.2.